The van der Waals surface area contributed by atoms with Crippen molar-refractivity contribution in [3.63, 3.8) is 0 Å². The maximum Gasteiger partial charge on any atom is 0.334 e. The van der Waals surface area contributed by atoms with E-state index in [2.05, 4.69) is 0 Å². The van der Waals surface area contributed by atoms with E-state index in [0.717, 1.165) is 4.90 Å². The number of hydrogen-bond acceptors (Lipinski definition) is 4. The molecule has 0 aliphatic carbocycles. The second kappa shape index (κ2) is 6.68. The van der Waals surface area contributed by atoms with Crippen molar-refractivity contribution in [2.45, 2.75) is 13.8 Å². The van der Waals surface area contributed by atoms with Crippen molar-refractivity contribution in [3.8, 4) is 0 Å². The highest BCUT2D eigenvalue weighted by Gasteiger charge is 2.45. The van der Waals surface area contributed by atoms with Gasteiger partial charge in [-0.2, -0.15) is 0 Å². The van der Waals surface area contributed by atoms with Crippen LogP contribution in [0.15, 0.2) is 18.2 Å². The molecule has 0 bridgehead atoms. The van der Waals surface area contributed by atoms with E-state index in [0.29, 0.717) is 4.90 Å². The molecule has 1 heterocycles. The quantitative estimate of drug-likeness (QED) is 0.461. The van der Waals surface area contributed by atoms with Gasteiger partial charge in [0.1, 0.15) is 0 Å². The van der Waals surface area contributed by atoms with Gasteiger partial charge in [-0.3, -0.25) is 19.3 Å². The topological polar surface area (TPSA) is 74.8 Å². The number of carbonyl (C=O) groups excluding carboxylic acids is 4. The highest BCUT2D eigenvalue weighted by atomic mass is 35.5. The van der Waals surface area contributed by atoms with E-state index in [1.165, 1.54) is 18.2 Å². The fourth-order valence-electron chi connectivity index (χ4n) is 2.12. The Labute approximate surface area is 142 Å². The number of imide groups is 2. The lowest BCUT2D eigenvalue weighted by Gasteiger charge is -2.16. The third-order valence-electron chi connectivity index (χ3n) is 3.23. The Balaban J connectivity index is 2.17. The predicted molar refractivity (Wildman–Crippen MR) is 84.5 cm³/mol. The van der Waals surface area contributed by atoms with Crippen LogP contribution in [0, 0.1) is 5.92 Å². The predicted octanol–water partition coefficient (Wildman–Crippen LogP) is 2.62. The number of carbonyl (C=O) groups is 4. The molecular formula is C15H14Cl2N2O4. The number of nitrogens with zero attached hydrogens (tertiary/aromatic N) is 2. The van der Waals surface area contributed by atoms with Crippen LogP contribution in [0.2, 0.25) is 10.0 Å². The molecule has 1 fully saturated rings. The first-order valence-electron chi connectivity index (χ1n) is 6.88. The monoisotopic (exact) mass is 356 g/mol. The summed E-state index contributed by atoms with van der Waals surface area (Å²) < 4.78 is 0. The molecule has 1 saturated heterocycles. The van der Waals surface area contributed by atoms with Gasteiger partial charge in [0, 0.05) is 12.1 Å². The molecule has 0 atom stereocenters. The number of ketones is 1. The highest BCUT2D eigenvalue weighted by Crippen LogP contribution is 2.23. The van der Waals surface area contributed by atoms with Gasteiger partial charge in [-0.25, -0.2) is 9.69 Å². The van der Waals surface area contributed by atoms with Gasteiger partial charge >= 0.3 is 17.8 Å². The summed E-state index contributed by atoms with van der Waals surface area (Å²) in [5, 5.41) is 0.476. The Kier molecular flexibility index (Phi) is 5.06. The van der Waals surface area contributed by atoms with Gasteiger partial charge < -0.3 is 0 Å². The van der Waals surface area contributed by atoms with Crippen molar-refractivity contribution in [1.82, 2.24) is 9.80 Å². The van der Waals surface area contributed by atoms with Crippen LogP contribution >= 0.6 is 23.2 Å². The average Bonchev–Trinajstić information content (AvgIpc) is 2.67. The largest absolute Gasteiger partial charge is 0.334 e. The molecule has 0 unspecified atom stereocenters. The maximum atomic E-state index is 12.2. The van der Waals surface area contributed by atoms with Gasteiger partial charge in [0.2, 0.25) is 0 Å². The summed E-state index contributed by atoms with van der Waals surface area (Å²) in [6, 6.07) is 3.46. The zero-order valence-corrected chi connectivity index (χ0v) is 14.0. The van der Waals surface area contributed by atoms with Crippen molar-refractivity contribution in [2.24, 2.45) is 5.92 Å². The molecule has 2 rings (SSSR count). The molecule has 8 heteroatoms. The van der Waals surface area contributed by atoms with Crippen LogP contribution in [0.25, 0.3) is 0 Å². The molecular weight excluding hydrogens is 343 g/mol. The SMILES string of the molecule is CC(C)CN1C(=O)C(=O)N(CC(=O)c2ccc(Cl)c(Cl)c2)C1=O. The first kappa shape index (κ1) is 17.4. The van der Waals surface area contributed by atoms with Crippen molar-refractivity contribution < 1.29 is 19.2 Å². The summed E-state index contributed by atoms with van der Waals surface area (Å²) in [5.41, 5.74) is 0.203. The molecule has 23 heavy (non-hydrogen) atoms. The minimum Gasteiger partial charge on any atom is -0.292 e. The van der Waals surface area contributed by atoms with Crippen LogP contribution in [0.5, 0.6) is 0 Å². The molecule has 0 radical (unpaired) electrons. The standard InChI is InChI=1S/C15H14Cl2N2O4/c1-8(2)6-18-13(21)14(22)19(15(18)23)7-12(20)9-3-4-10(16)11(17)5-9/h3-5,8H,6-7H2,1-2H3. The van der Waals surface area contributed by atoms with Gasteiger partial charge in [0.25, 0.3) is 0 Å². The molecule has 122 valence electrons. The molecule has 6 nitrogen and oxygen atoms in total. The zero-order valence-electron chi connectivity index (χ0n) is 12.5. The van der Waals surface area contributed by atoms with Crippen LogP contribution < -0.4 is 0 Å². The lowest BCUT2D eigenvalue weighted by atomic mass is 10.1. The van der Waals surface area contributed by atoms with Crippen molar-refractivity contribution in [2.75, 3.05) is 13.1 Å². The van der Waals surface area contributed by atoms with Gasteiger partial charge in [-0.15, -0.1) is 0 Å². The van der Waals surface area contributed by atoms with Crippen molar-refractivity contribution in [1.29, 1.82) is 0 Å². The fraction of sp³-hybridized carbons (Fsp3) is 0.333. The Morgan fingerprint density at radius 1 is 1.04 bits per heavy atom. The lowest BCUT2D eigenvalue weighted by Crippen LogP contribution is -2.38. The normalized spacial score (nSPS) is 15.1. The van der Waals surface area contributed by atoms with Crippen LogP contribution in [0.1, 0.15) is 24.2 Å². The smallest absolute Gasteiger partial charge is 0.292 e. The number of rotatable bonds is 5. The minimum absolute atomic E-state index is 0.0152. The molecule has 0 N–H and O–H groups in total. The number of benzene rings is 1. The first-order chi connectivity index (χ1) is 10.7. The summed E-state index contributed by atoms with van der Waals surface area (Å²) in [7, 11) is 0. The Hall–Kier alpha value is -1.92. The number of amides is 4. The van der Waals surface area contributed by atoms with Crippen LogP contribution in [0.4, 0.5) is 4.79 Å². The average molecular weight is 357 g/mol. The summed E-state index contributed by atoms with van der Waals surface area (Å²) in [6.45, 7) is 3.24. The Morgan fingerprint density at radius 2 is 1.65 bits per heavy atom. The summed E-state index contributed by atoms with van der Waals surface area (Å²) in [5.74, 6) is -2.40. The van der Waals surface area contributed by atoms with Gasteiger partial charge in [-0.1, -0.05) is 37.0 Å². The van der Waals surface area contributed by atoms with E-state index in [1.807, 2.05) is 13.8 Å². The van der Waals surface area contributed by atoms with Crippen LogP contribution in [-0.2, 0) is 9.59 Å². The molecule has 4 amide bonds. The van der Waals surface area contributed by atoms with Gasteiger partial charge in [0.15, 0.2) is 5.78 Å². The summed E-state index contributed by atoms with van der Waals surface area (Å²) >= 11 is 11.6. The van der Waals surface area contributed by atoms with E-state index in [4.69, 9.17) is 23.2 Å². The zero-order chi connectivity index (χ0) is 17.3. The molecule has 0 saturated carbocycles. The van der Waals surface area contributed by atoms with E-state index >= 15 is 0 Å². The van der Waals surface area contributed by atoms with Crippen molar-refractivity contribution >= 4 is 46.8 Å². The summed E-state index contributed by atoms with van der Waals surface area (Å²) in [4.78, 5) is 49.6. The molecule has 1 aromatic rings. The Morgan fingerprint density at radius 3 is 2.22 bits per heavy atom. The molecule has 0 aromatic heterocycles. The fourth-order valence-corrected chi connectivity index (χ4v) is 2.42. The van der Waals surface area contributed by atoms with Crippen LogP contribution in [0.3, 0.4) is 0 Å². The maximum absolute atomic E-state index is 12.2. The van der Waals surface area contributed by atoms with E-state index in [1.54, 1.807) is 0 Å². The number of Topliss-reactive ketones (excluding diaryl/α,β-unsaturated/α-hetero) is 1. The molecule has 1 aliphatic heterocycles. The van der Waals surface area contributed by atoms with E-state index < -0.39 is 30.2 Å². The van der Waals surface area contributed by atoms with E-state index in [9.17, 15) is 19.2 Å². The van der Waals surface area contributed by atoms with Gasteiger partial charge in [-0.05, 0) is 24.1 Å². The lowest BCUT2D eigenvalue weighted by molar-refractivity contribution is -0.143. The second-order valence-corrected chi connectivity index (χ2v) is 6.35. The molecule has 0 spiro atoms. The van der Waals surface area contributed by atoms with Crippen molar-refractivity contribution in [3.05, 3.63) is 33.8 Å². The number of hydrogen-bond donors (Lipinski definition) is 0. The highest BCUT2D eigenvalue weighted by molar-refractivity contribution is 6.45. The second-order valence-electron chi connectivity index (χ2n) is 5.54. The summed E-state index contributed by atoms with van der Waals surface area (Å²) in [6.07, 6.45) is 0. The first-order valence-corrected chi connectivity index (χ1v) is 7.63. The molecule has 1 aliphatic rings. The number of urea groups is 1. The van der Waals surface area contributed by atoms with E-state index in [-0.39, 0.29) is 28.1 Å². The third kappa shape index (κ3) is 3.54. The Bertz CT molecular complexity index is 703. The van der Waals surface area contributed by atoms with Crippen LogP contribution in [-0.4, -0.2) is 46.5 Å². The minimum atomic E-state index is -0.996. The number of halogens is 2. The third-order valence-corrected chi connectivity index (χ3v) is 3.97. The van der Waals surface area contributed by atoms with Gasteiger partial charge in [0.05, 0.1) is 16.6 Å². The molecule has 1 aromatic carbocycles.